The molecule has 0 bridgehead atoms. The third kappa shape index (κ3) is 2.64. The summed E-state index contributed by atoms with van der Waals surface area (Å²) in [4.78, 5) is 14.3. The van der Waals surface area contributed by atoms with Crippen LogP contribution in [0.3, 0.4) is 0 Å². The summed E-state index contributed by atoms with van der Waals surface area (Å²) in [5.41, 5.74) is 0.647. The molecule has 1 aromatic carbocycles. The lowest BCUT2D eigenvalue weighted by Gasteiger charge is -2.24. The summed E-state index contributed by atoms with van der Waals surface area (Å²) >= 11 is 0. The van der Waals surface area contributed by atoms with Crippen LogP contribution in [-0.2, 0) is 0 Å². The van der Waals surface area contributed by atoms with E-state index in [1.807, 2.05) is 43.1 Å². The Labute approximate surface area is 108 Å². The SMILES string of the molecule is CCOc1ccccc1C(=O)N(C)[C@@H]1CCNC1. The van der Waals surface area contributed by atoms with Crippen LogP contribution < -0.4 is 10.1 Å². The molecule has 1 aliphatic heterocycles. The Hall–Kier alpha value is -1.55. The number of para-hydroxylation sites is 1. The molecule has 0 aromatic heterocycles. The first kappa shape index (κ1) is 12.9. The zero-order valence-corrected chi connectivity index (χ0v) is 11.0. The van der Waals surface area contributed by atoms with Gasteiger partial charge >= 0.3 is 0 Å². The van der Waals surface area contributed by atoms with Gasteiger partial charge in [-0.15, -0.1) is 0 Å². The molecule has 98 valence electrons. The molecular weight excluding hydrogens is 228 g/mol. The fourth-order valence-corrected chi connectivity index (χ4v) is 2.25. The van der Waals surface area contributed by atoms with Gasteiger partial charge < -0.3 is 15.0 Å². The van der Waals surface area contributed by atoms with Gasteiger partial charge in [0.05, 0.1) is 12.2 Å². The van der Waals surface area contributed by atoms with Gasteiger partial charge in [-0.1, -0.05) is 12.1 Å². The molecule has 4 heteroatoms. The second-order valence-corrected chi connectivity index (χ2v) is 4.49. The fraction of sp³-hybridized carbons (Fsp3) is 0.500. The van der Waals surface area contributed by atoms with E-state index in [1.165, 1.54) is 0 Å². The Morgan fingerprint density at radius 1 is 1.50 bits per heavy atom. The van der Waals surface area contributed by atoms with Crippen LogP contribution in [0, 0.1) is 0 Å². The molecule has 4 nitrogen and oxygen atoms in total. The molecule has 1 aromatic rings. The molecule has 0 radical (unpaired) electrons. The normalized spacial score (nSPS) is 18.7. The van der Waals surface area contributed by atoms with Crippen molar-refractivity contribution in [2.24, 2.45) is 0 Å². The molecular formula is C14H20N2O2. The fourth-order valence-electron chi connectivity index (χ4n) is 2.25. The van der Waals surface area contributed by atoms with Crippen molar-refractivity contribution in [3.8, 4) is 5.75 Å². The maximum atomic E-state index is 12.4. The number of rotatable bonds is 4. The van der Waals surface area contributed by atoms with Gasteiger partial charge in [0.15, 0.2) is 0 Å². The Balaban J connectivity index is 2.16. The average Bonchev–Trinajstić information content (AvgIpc) is 2.92. The van der Waals surface area contributed by atoms with Gasteiger partial charge in [0.2, 0.25) is 0 Å². The van der Waals surface area contributed by atoms with Crippen LogP contribution in [0.15, 0.2) is 24.3 Å². The molecule has 1 N–H and O–H groups in total. The maximum Gasteiger partial charge on any atom is 0.257 e. The van der Waals surface area contributed by atoms with Crippen LogP contribution in [0.1, 0.15) is 23.7 Å². The highest BCUT2D eigenvalue weighted by Gasteiger charge is 2.25. The van der Waals surface area contributed by atoms with Crippen LogP contribution in [0.5, 0.6) is 5.75 Å². The number of ether oxygens (including phenoxy) is 1. The summed E-state index contributed by atoms with van der Waals surface area (Å²) in [6.45, 7) is 4.35. The molecule has 1 atom stereocenters. The number of likely N-dealkylation sites (N-methyl/N-ethyl adjacent to an activating group) is 1. The monoisotopic (exact) mass is 248 g/mol. The molecule has 1 fully saturated rings. The summed E-state index contributed by atoms with van der Waals surface area (Å²) in [6, 6.07) is 7.71. The number of hydrogen-bond donors (Lipinski definition) is 1. The number of carbonyl (C=O) groups is 1. The summed E-state index contributed by atoms with van der Waals surface area (Å²) in [6.07, 6.45) is 1.01. The van der Waals surface area contributed by atoms with Crippen molar-refractivity contribution in [1.82, 2.24) is 10.2 Å². The highest BCUT2D eigenvalue weighted by Crippen LogP contribution is 2.21. The average molecular weight is 248 g/mol. The molecule has 2 rings (SSSR count). The zero-order chi connectivity index (χ0) is 13.0. The van der Waals surface area contributed by atoms with Crippen molar-refractivity contribution in [2.45, 2.75) is 19.4 Å². The van der Waals surface area contributed by atoms with Gasteiger partial charge in [-0.3, -0.25) is 4.79 Å². The van der Waals surface area contributed by atoms with E-state index in [4.69, 9.17) is 4.74 Å². The minimum atomic E-state index is 0.0350. The largest absolute Gasteiger partial charge is 0.493 e. The van der Waals surface area contributed by atoms with Gasteiger partial charge in [-0.05, 0) is 32.0 Å². The molecule has 1 amide bonds. The lowest BCUT2D eigenvalue weighted by atomic mass is 10.1. The number of hydrogen-bond acceptors (Lipinski definition) is 3. The van der Waals surface area contributed by atoms with Gasteiger partial charge in [-0.2, -0.15) is 0 Å². The Bertz CT molecular complexity index is 414. The van der Waals surface area contributed by atoms with Gasteiger partial charge in [0.1, 0.15) is 5.75 Å². The maximum absolute atomic E-state index is 12.4. The molecule has 0 spiro atoms. The van der Waals surface area contributed by atoms with Crippen molar-refractivity contribution in [2.75, 3.05) is 26.7 Å². The molecule has 0 unspecified atom stereocenters. The number of benzene rings is 1. The highest BCUT2D eigenvalue weighted by molar-refractivity contribution is 5.97. The summed E-state index contributed by atoms with van der Waals surface area (Å²) < 4.78 is 5.51. The van der Waals surface area contributed by atoms with Gasteiger partial charge in [0, 0.05) is 19.6 Å². The van der Waals surface area contributed by atoms with Crippen LogP contribution in [0.4, 0.5) is 0 Å². The molecule has 0 saturated carbocycles. The van der Waals surface area contributed by atoms with Crippen molar-refractivity contribution < 1.29 is 9.53 Å². The van der Waals surface area contributed by atoms with Crippen molar-refractivity contribution >= 4 is 5.91 Å². The van der Waals surface area contributed by atoms with E-state index in [9.17, 15) is 4.79 Å². The quantitative estimate of drug-likeness (QED) is 0.878. The Morgan fingerprint density at radius 2 is 2.28 bits per heavy atom. The molecule has 1 heterocycles. The number of amides is 1. The summed E-state index contributed by atoms with van der Waals surface area (Å²) in [5.74, 6) is 0.704. The third-order valence-corrected chi connectivity index (χ3v) is 3.32. The van der Waals surface area contributed by atoms with E-state index >= 15 is 0 Å². The van der Waals surface area contributed by atoms with E-state index in [0.29, 0.717) is 17.9 Å². The van der Waals surface area contributed by atoms with E-state index in [1.54, 1.807) is 0 Å². The van der Waals surface area contributed by atoms with Crippen LogP contribution in [0.2, 0.25) is 0 Å². The lowest BCUT2D eigenvalue weighted by Crippen LogP contribution is -2.38. The van der Waals surface area contributed by atoms with Crippen LogP contribution in [0.25, 0.3) is 0 Å². The predicted molar refractivity (Wildman–Crippen MR) is 71.0 cm³/mol. The first-order valence-corrected chi connectivity index (χ1v) is 6.43. The van der Waals surface area contributed by atoms with E-state index in [2.05, 4.69) is 5.32 Å². The van der Waals surface area contributed by atoms with Crippen molar-refractivity contribution in [1.29, 1.82) is 0 Å². The minimum Gasteiger partial charge on any atom is -0.493 e. The Kier molecular flexibility index (Phi) is 4.20. The van der Waals surface area contributed by atoms with Gasteiger partial charge in [0.25, 0.3) is 5.91 Å². The van der Waals surface area contributed by atoms with E-state index in [0.717, 1.165) is 19.5 Å². The molecule has 1 aliphatic rings. The standard InChI is InChI=1S/C14H20N2O2/c1-3-18-13-7-5-4-6-12(13)14(17)16(2)11-8-9-15-10-11/h4-7,11,15H,3,8-10H2,1-2H3/t11-/m1/s1. The van der Waals surface area contributed by atoms with E-state index < -0.39 is 0 Å². The lowest BCUT2D eigenvalue weighted by molar-refractivity contribution is 0.0739. The second-order valence-electron chi connectivity index (χ2n) is 4.49. The topological polar surface area (TPSA) is 41.6 Å². The van der Waals surface area contributed by atoms with Crippen LogP contribution >= 0.6 is 0 Å². The highest BCUT2D eigenvalue weighted by atomic mass is 16.5. The number of nitrogens with zero attached hydrogens (tertiary/aromatic N) is 1. The van der Waals surface area contributed by atoms with Crippen molar-refractivity contribution in [3.63, 3.8) is 0 Å². The summed E-state index contributed by atoms with van der Waals surface area (Å²) in [5, 5.41) is 3.27. The predicted octanol–water partition coefficient (Wildman–Crippen LogP) is 1.52. The number of nitrogens with one attached hydrogen (secondary N) is 1. The van der Waals surface area contributed by atoms with Crippen LogP contribution in [-0.4, -0.2) is 43.6 Å². The van der Waals surface area contributed by atoms with Crippen molar-refractivity contribution in [3.05, 3.63) is 29.8 Å². The number of carbonyl (C=O) groups excluding carboxylic acids is 1. The molecule has 1 saturated heterocycles. The smallest absolute Gasteiger partial charge is 0.257 e. The molecule has 18 heavy (non-hydrogen) atoms. The first-order chi connectivity index (χ1) is 8.74. The summed E-state index contributed by atoms with van der Waals surface area (Å²) in [7, 11) is 1.86. The van der Waals surface area contributed by atoms with Gasteiger partial charge in [-0.25, -0.2) is 0 Å². The Morgan fingerprint density at radius 3 is 2.94 bits per heavy atom. The second kappa shape index (κ2) is 5.87. The van der Waals surface area contributed by atoms with E-state index in [-0.39, 0.29) is 11.9 Å². The molecule has 0 aliphatic carbocycles. The zero-order valence-electron chi connectivity index (χ0n) is 11.0. The first-order valence-electron chi connectivity index (χ1n) is 6.43. The minimum absolute atomic E-state index is 0.0350. The third-order valence-electron chi connectivity index (χ3n) is 3.32.